The van der Waals surface area contributed by atoms with Crippen LogP contribution in [0.4, 0.5) is 17.5 Å². The summed E-state index contributed by atoms with van der Waals surface area (Å²) in [5.74, 6) is 1.33. The first kappa shape index (κ1) is 18.8. The zero-order valence-electron chi connectivity index (χ0n) is 16.3. The Labute approximate surface area is 169 Å². The number of hydrogen-bond donors (Lipinski definition) is 0. The average Bonchev–Trinajstić information content (AvgIpc) is 2.81. The zero-order chi connectivity index (χ0) is 20.1. The average molecular weight is 389 g/mol. The van der Waals surface area contributed by atoms with Crippen LogP contribution in [0.25, 0.3) is 0 Å². The molecule has 1 aliphatic heterocycles. The molecule has 0 atom stereocenters. The van der Waals surface area contributed by atoms with Gasteiger partial charge in [-0.25, -0.2) is 19.9 Å². The van der Waals surface area contributed by atoms with Gasteiger partial charge in [0, 0.05) is 50.8 Å². The second kappa shape index (κ2) is 8.64. The van der Waals surface area contributed by atoms with Crippen LogP contribution in [0.2, 0.25) is 0 Å². The Bertz CT molecular complexity index is 926. The summed E-state index contributed by atoms with van der Waals surface area (Å²) < 4.78 is 0. The minimum absolute atomic E-state index is 0.0968. The molecule has 3 heterocycles. The first-order valence-corrected chi connectivity index (χ1v) is 9.72. The normalized spacial score (nSPS) is 14.0. The van der Waals surface area contributed by atoms with Gasteiger partial charge in [0.2, 0.25) is 5.95 Å². The molecule has 8 nitrogen and oxygen atoms in total. The van der Waals surface area contributed by atoms with E-state index in [4.69, 9.17) is 0 Å². The standard InChI is InChI=1S/C21H23N7O/c1-2-28(17-7-4-3-5-8-17)19-16-24-18(15-25-19)20(29)26-11-13-27(14-12-26)21-22-9-6-10-23-21/h3-10,15-16H,2,11-14H2,1H3. The molecule has 0 aliphatic carbocycles. The van der Waals surface area contributed by atoms with Gasteiger partial charge in [0.1, 0.15) is 5.69 Å². The molecule has 0 radical (unpaired) electrons. The molecule has 148 valence electrons. The Hall–Kier alpha value is -3.55. The highest BCUT2D eigenvalue weighted by molar-refractivity contribution is 5.92. The molecule has 2 aromatic heterocycles. The van der Waals surface area contributed by atoms with Crippen LogP contribution < -0.4 is 9.80 Å². The molecule has 1 fully saturated rings. The molecule has 3 aromatic rings. The van der Waals surface area contributed by atoms with Crippen molar-refractivity contribution in [2.24, 2.45) is 0 Å². The van der Waals surface area contributed by atoms with E-state index in [1.807, 2.05) is 30.3 Å². The predicted octanol–water partition coefficient (Wildman–Crippen LogP) is 2.39. The highest BCUT2D eigenvalue weighted by Gasteiger charge is 2.24. The van der Waals surface area contributed by atoms with Gasteiger partial charge in [0.25, 0.3) is 5.91 Å². The van der Waals surface area contributed by atoms with Crippen molar-refractivity contribution in [3.05, 3.63) is 66.9 Å². The Morgan fingerprint density at radius 1 is 0.931 bits per heavy atom. The SMILES string of the molecule is CCN(c1ccccc1)c1cnc(C(=O)N2CCN(c3ncccn3)CC2)cn1. The van der Waals surface area contributed by atoms with Crippen LogP contribution in [0, 0.1) is 0 Å². The molecule has 1 aliphatic rings. The van der Waals surface area contributed by atoms with Crippen LogP contribution in [0.5, 0.6) is 0 Å². The fourth-order valence-electron chi connectivity index (χ4n) is 3.38. The maximum atomic E-state index is 12.8. The summed E-state index contributed by atoms with van der Waals surface area (Å²) in [6, 6.07) is 11.8. The molecule has 1 saturated heterocycles. The largest absolute Gasteiger partial charge is 0.337 e. The summed E-state index contributed by atoms with van der Waals surface area (Å²) in [5, 5.41) is 0. The molecule has 0 N–H and O–H groups in total. The van der Waals surface area contributed by atoms with E-state index in [-0.39, 0.29) is 5.91 Å². The number of hydrogen-bond acceptors (Lipinski definition) is 7. The lowest BCUT2D eigenvalue weighted by atomic mass is 10.2. The first-order chi connectivity index (χ1) is 14.3. The van der Waals surface area contributed by atoms with E-state index >= 15 is 0 Å². The van der Waals surface area contributed by atoms with Gasteiger partial charge in [-0.15, -0.1) is 0 Å². The van der Waals surface area contributed by atoms with Gasteiger partial charge in [0.15, 0.2) is 5.82 Å². The van der Waals surface area contributed by atoms with Crippen LogP contribution in [0.15, 0.2) is 61.2 Å². The summed E-state index contributed by atoms with van der Waals surface area (Å²) in [6.45, 7) is 5.41. The van der Waals surface area contributed by atoms with Gasteiger partial charge in [-0.1, -0.05) is 18.2 Å². The van der Waals surface area contributed by atoms with Crippen molar-refractivity contribution in [1.29, 1.82) is 0 Å². The Kier molecular flexibility index (Phi) is 5.60. The second-order valence-corrected chi connectivity index (χ2v) is 6.67. The molecule has 0 bridgehead atoms. The van der Waals surface area contributed by atoms with E-state index in [2.05, 4.69) is 36.7 Å². The highest BCUT2D eigenvalue weighted by atomic mass is 16.2. The van der Waals surface area contributed by atoms with Crippen LogP contribution in [0.1, 0.15) is 17.4 Å². The van der Waals surface area contributed by atoms with Crippen molar-refractivity contribution in [3.63, 3.8) is 0 Å². The third-order valence-electron chi connectivity index (χ3n) is 4.92. The van der Waals surface area contributed by atoms with E-state index in [1.54, 1.807) is 35.8 Å². The third kappa shape index (κ3) is 4.16. The van der Waals surface area contributed by atoms with Crippen molar-refractivity contribution in [3.8, 4) is 0 Å². The van der Waals surface area contributed by atoms with E-state index in [0.717, 1.165) is 18.1 Å². The van der Waals surface area contributed by atoms with Crippen molar-refractivity contribution in [1.82, 2.24) is 24.8 Å². The maximum Gasteiger partial charge on any atom is 0.274 e. The number of piperazine rings is 1. The number of amides is 1. The number of rotatable bonds is 5. The molecule has 1 amide bonds. The minimum atomic E-state index is -0.0968. The van der Waals surface area contributed by atoms with Crippen molar-refractivity contribution in [2.75, 3.05) is 42.5 Å². The first-order valence-electron chi connectivity index (χ1n) is 9.72. The number of carbonyl (C=O) groups is 1. The summed E-state index contributed by atoms with van der Waals surface area (Å²) in [5.41, 5.74) is 1.41. The van der Waals surface area contributed by atoms with Crippen molar-refractivity contribution >= 4 is 23.4 Å². The van der Waals surface area contributed by atoms with Crippen molar-refractivity contribution < 1.29 is 4.79 Å². The lowest BCUT2D eigenvalue weighted by Crippen LogP contribution is -2.49. The van der Waals surface area contributed by atoms with Crippen LogP contribution >= 0.6 is 0 Å². The van der Waals surface area contributed by atoms with Gasteiger partial charge in [-0.05, 0) is 25.1 Å². The lowest BCUT2D eigenvalue weighted by molar-refractivity contribution is 0.0740. The Morgan fingerprint density at radius 3 is 2.28 bits per heavy atom. The quantitative estimate of drug-likeness (QED) is 0.663. The highest BCUT2D eigenvalue weighted by Crippen LogP contribution is 2.22. The number of anilines is 3. The summed E-state index contributed by atoms with van der Waals surface area (Å²) >= 11 is 0. The lowest BCUT2D eigenvalue weighted by Gasteiger charge is -2.34. The second-order valence-electron chi connectivity index (χ2n) is 6.67. The summed E-state index contributed by atoms with van der Waals surface area (Å²) in [6.07, 6.45) is 6.69. The summed E-state index contributed by atoms with van der Waals surface area (Å²) in [7, 11) is 0. The van der Waals surface area contributed by atoms with Gasteiger partial charge in [-0.3, -0.25) is 4.79 Å². The number of benzene rings is 1. The fourth-order valence-corrected chi connectivity index (χ4v) is 3.38. The molecule has 0 spiro atoms. The number of carbonyl (C=O) groups excluding carboxylic acids is 1. The van der Waals surface area contributed by atoms with Gasteiger partial charge >= 0.3 is 0 Å². The predicted molar refractivity (Wildman–Crippen MR) is 111 cm³/mol. The smallest absolute Gasteiger partial charge is 0.274 e. The number of nitrogens with zero attached hydrogens (tertiary/aromatic N) is 7. The van der Waals surface area contributed by atoms with Crippen LogP contribution in [-0.4, -0.2) is 63.5 Å². The molecule has 8 heteroatoms. The minimum Gasteiger partial charge on any atom is -0.337 e. The topological polar surface area (TPSA) is 78.4 Å². The maximum absolute atomic E-state index is 12.8. The summed E-state index contributed by atoms with van der Waals surface area (Å²) in [4.78, 5) is 36.2. The van der Waals surface area contributed by atoms with Gasteiger partial charge < -0.3 is 14.7 Å². The molecule has 29 heavy (non-hydrogen) atoms. The van der Waals surface area contributed by atoms with E-state index in [1.165, 1.54) is 0 Å². The molecular formula is C21H23N7O. The van der Waals surface area contributed by atoms with E-state index in [9.17, 15) is 4.79 Å². The monoisotopic (exact) mass is 389 g/mol. The zero-order valence-corrected chi connectivity index (χ0v) is 16.3. The van der Waals surface area contributed by atoms with Crippen LogP contribution in [-0.2, 0) is 0 Å². The fraction of sp³-hybridized carbons (Fsp3) is 0.286. The third-order valence-corrected chi connectivity index (χ3v) is 4.92. The number of para-hydroxylation sites is 1. The molecule has 0 unspecified atom stereocenters. The molecule has 0 saturated carbocycles. The number of aromatic nitrogens is 4. The van der Waals surface area contributed by atoms with E-state index < -0.39 is 0 Å². The van der Waals surface area contributed by atoms with Gasteiger partial charge in [-0.2, -0.15) is 0 Å². The van der Waals surface area contributed by atoms with Gasteiger partial charge in [0.05, 0.1) is 12.4 Å². The molecular weight excluding hydrogens is 366 g/mol. The van der Waals surface area contributed by atoms with E-state index in [0.29, 0.717) is 37.8 Å². The molecule has 4 rings (SSSR count). The Balaban J connectivity index is 1.41. The van der Waals surface area contributed by atoms with Crippen molar-refractivity contribution in [2.45, 2.75) is 6.92 Å². The Morgan fingerprint density at radius 2 is 1.66 bits per heavy atom. The van der Waals surface area contributed by atoms with Crippen LogP contribution in [0.3, 0.4) is 0 Å². The molecule has 1 aromatic carbocycles.